The fourth-order valence-electron chi connectivity index (χ4n) is 3.38. The van der Waals surface area contributed by atoms with E-state index in [2.05, 4.69) is 76.2 Å². The summed E-state index contributed by atoms with van der Waals surface area (Å²) in [5, 5.41) is 6.61. The summed E-state index contributed by atoms with van der Waals surface area (Å²) in [5.41, 5.74) is 11.5. The van der Waals surface area contributed by atoms with Crippen molar-refractivity contribution in [2.75, 3.05) is 5.73 Å². The Bertz CT molecular complexity index is 1030. The second kappa shape index (κ2) is 7.26. The molecule has 3 nitrogen and oxygen atoms in total. The first kappa shape index (κ1) is 16.7. The van der Waals surface area contributed by atoms with Crippen LogP contribution in [-0.2, 0) is 6.42 Å². The highest BCUT2D eigenvalue weighted by atomic mass is 32.1. The molecule has 0 atom stereocenters. The van der Waals surface area contributed by atoms with Gasteiger partial charge in [-0.05, 0) is 35.1 Å². The lowest BCUT2D eigenvalue weighted by Crippen LogP contribution is -2.05. The van der Waals surface area contributed by atoms with Crippen molar-refractivity contribution in [3.63, 3.8) is 0 Å². The molecule has 0 radical (unpaired) electrons. The number of hydrogen-bond donors (Lipinski definition) is 1. The molecule has 0 saturated carbocycles. The van der Waals surface area contributed by atoms with Crippen molar-refractivity contribution in [1.29, 1.82) is 0 Å². The van der Waals surface area contributed by atoms with Gasteiger partial charge in [0.2, 0.25) is 5.95 Å². The molecule has 4 rings (SSSR count). The summed E-state index contributed by atoms with van der Waals surface area (Å²) < 4.78 is 0. The molecular formula is C22H21N3S. The van der Waals surface area contributed by atoms with Crippen molar-refractivity contribution in [1.82, 2.24) is 9.97 Å². The van der Waals surface area contributed by atoms with Crippen LogP contribution in [0.15, 0.2) is 59.3 Å². The second-order valence-electron chi connectivity index (χ2n) is 6.40. The predicted octanol–water partition coefficient (Wildman–Crippen LogP) is 5.95. The van der Waals surface area contributed by atoms with Gasteiger partial charge >= 0.3 is 0 Å². The zero-order chi connectivity index (χ0) is 17.9. The topological polar surface area (TPSA) is 51.8 Å². The number of nitrogens with two attached hydrogens (primary N) is 1. The number of anilines is 1. The molecule has 2 heterocycles. The van der Waals surface area contributed by atoms with Crippen LogP contribution in [-0.4, -0.2) is 9.97 Å². The molecule has 4 aromatic rings. The third kappa shape index (κ3) is 3.08. The maximum atomic E-state index is 6.13. The molecule has 0 aliphatic rings. The van der Waals surface area contributed by atoms with Crippen LogP contribution in [0.4, 0.5) is 5.95 Å². The zero-order valence-corrected chi connectivity index (χ0v) is 15.6. The molecule has 0 aliphatic carbocycles. The minimum atomic E-state index is 0.328. The quantitative estimate of drug-likeness (QED) is 0.479. The van der Waals surface area contributed by atoms with Gasteiger partial charge in [-0.3, -0.25) is 0 Å². The molecule has 0 unspecified atom stereocenters. The van der Waals surface area contributed by atoms with Crippen LogP contribution in [0.2, 0.25) is 0 Å². The van der Waals surface area contributed by atoms with E-state index in [9.17, 15) is 0 Å². The second-order valence-corrected chi connectivity index (χ2v) is 7.18. The van der Waals surface area contributed by atoms with Crippen molar-refractivity contribution < 1.29 is 0 Å². The smallest absolute Gasteiger partial charge is 0.221 e. The van der Waals surface area contributed by atoms with Gasteiger partial charge < -0.3 is 5.73 Å². The first-order chi connectivity index (χ1) is 12.8. The minimum absolute atomic E-state index is 0.328. The lowest BCUT2D eigenvalue weighted by molar-refractivity contribution is 0.792. The molecule has 2 N–H and O–H groups in total. The van der Waals surface area contributed by atoms with Crippen LogP contribution in [0.3, 0.4) is 0 Å². The zero-order valence-electron chi connectivity index (χ0n) is 14.8. The Morgan fingerprint density at radius 3 is 2.58 bits per heavy atom. The Morgan fingerprint density at radius 1 is 0.962 bits per heavy atom. The van der Waals surface area contributed by atoms with E-state index in [1.807, 2.05) is 0 Å². The molecule has 0 aliphatic heterocycles. The van der Waals surface area contributed by atoms with Gasteiger partial charge in [0.1, 0.15) is 0 Å². The van der Waals surface area contributed by atoms with E-state index >= 15 is 0 Å². The minimum Gasteiger partial charge on any atom is -0.368 e. The summed E-state index contributed by atoms with van der Waals surface area (Å²) >= 11 is 1.68. The highest BCUT2D eigenvalue weighted by Crippen LogP contribution is 2.35. The number of fused-ring (bicyclic) bond motifs is 1. The normalized spacial score (nSPS) is 11.1. The maximum absolute atomic E-state index is 6.13. The summed E-state index contributed by atoms with van der Waals surface area (Å²) in [6.07, 6.45) is 3.17. The van der Waals surface area contributed by atoms with E-state index in [4.69, 9.17) is 5.73 Å². The number of aromatic nitrogens is 2. The maximum Gasteiger partial charge on any atom is 0.221 e. The van der Waals surface area contributed by atoms with E-state index in [-0.39, 0.29) is 0 Å². The number of nitrogen functional groups attached to an aromatic ring is 1. The van der Waals surface area contributed by atoms with Gasteiger partial charge in [0, 0.05) is 22.1 Å². The number of thiophene rings is 1. The molecule has 0 amide bonds. The molecule has 0 fully saturated rings. The van der Waals surface area contributed by atoms with Gasteiger partial charge in [-0.1, -0.05) is 55.8 Å². The van der Waals surface area contributed by atoms with Gasteiger partial charge in [-0.2, -0.15) is 11.3 Å². The number of benzene rings is 2. The van der Waals surface area contributed by atoms with Crippen LogP contribution >= 0.6 is 11.3 Å². The van der Waals surface area contributed by atoms with E-state index in [1.54, 1.807) is 11.3 Å². The highest BCUT2D eigenvalue weighted by molar-refractivity contribution is 7.08. The summed E-state index contributed by atoms with van der Waals surface area (Å²) in [5.74, 6) is 0.328. The lowest BCUT2D eigenvalue weighted by atomic mass is 9.94. The van der Waals surface area contributed by atoms with Gasteiger partial charge in [0.25, 0.3) is 0 Å². The van der Waals surface area contributed by atoms with Crippen LogP contribution in [0.1, 0.15) is 25.3 Å². The fourth-order valence-corrected chi connectivity index (χ4v) is 4.02. The Morgan fingerprint density at radius 2 is 1.77 bits per heavy atom. The molecule has 130 valence electrons. The first-order valence-electron chi connectivity index (χ1n) is 8.95. The average Bonchev–Trinajstić information content (AvgIpc) is 3.20. The van der Waals surface area contributed by atoms with E-state index in [0.29, 0.717) is 5.95 Å². The lowest BCUT2D eigenvalue weighted by Gasteiger charge is -2.15. The first-order valence-corrected chi connectivity index (χ1v) is 9.89. The third-order valence-electron chi connectivity index (χ3n) is 4.64. The van der Waals surface area contributed by atoms with Crippen LogP contribution in [0, 0.1) is 0 Å². The van der Waals surface area contributed by atoms with Gasteiger partial charge in [-0.15, -0.1) is 0 Å². The van der Waals surface area contributed by atoms with Crippen molar-refractivity contribution in [2.45, 2.75) is 26.2 Å². The molecule has 0 spiro atoms. The monoisotopic (exact) mass is 359 g/mol. The number of rotatable bonds is 5. The highest BCUT2D eigenvalue weighted by Gasteiger charge is 2.18. The van der Waals surface area contributed by atoms with E-state index in [1.165, 1.54) is 16.3 Å². The summed E-state index contributed by atoms with van der Waals surface area (Å²) in [7, 11) is 0. The number of unbranched alkanes of at least 4 members (excludes halogenated alkanes) is 1. The largest absolute Gasteiger partial charge is 0.368 e. The molecule has 0 saturated heterocycles. The standard InChI is InChI=1S/C22H21N3S/c1-2-3-9-19-20(16-12-13-26-14-16)24-22(23)25-21(19)18-11-6-8-15-7-4-5-10-17(15)18/h4-8,10-14H,2-3,9H2,1H3,(H2,23,24,25). The fraction of sp³-hybridized carbons (Fsp3) is 0.182. The van der Waals surface area contributed by atoms with Crippen molar-refractivity contribution in [2.24, 2.45) is 0 Å². The number of hydrogen-bond acceptors (Lipinski definition) is 4. The Hall–Kier alpha value is -2.72. The Labute approximate surface area is 157 Å². The SMILES string of the molecule is CCCCc1c(-c2ccsc2)nc(N)nc1-c1cccc2ccccc12. The molecule has 4 heteroatoms. The summed E-state index contributed by atoms with van der Waals surface area (Å²) in [6, 6.07) is 16.9. The molecule has 0 bridgehead atoms. The van der Waals surface area contributed by atoms with Crippen molar-refractivity contribution >= 4 is 28.1 Å². The van der Waals surface area contributed by atoms with E-state index in [0.717, 1.165) is 41.8 Å². The third-order valence-corrected chi connectivity index (χ3v) is 5.33. The van der Waals surface area contributed by atoms with Gasteiger partial charge in [0.15, 0.2) is 0 Å². The van der Waals surface area contributed by atoms with Crippen LogP contribution in [0.5, 0.6) is 0 Å². The Kier molecular flexibility index (Phi) is 4.67. The predicted molar refractivity (Wildman–Crippen MR) is 111 cm³/mol. The molecule has 2 aromatic carbocycles. The number of nitrogens with zero attached hydrogens (tertiary/aromatic N) is 2. The van der Waals surface area contributed by atoms with Crippen molar-refractivity contribution in [3.8, 4) is 22.5 Å². The van der Waals surface area contributed by atoms with Gasteiger partial charge in [0.05, 0.1) is 11.4 Å². The van der Waals surface area contributed by atoms with Crippen LogP contribution < -0.4 is 5.73 Å². The summed E-state index contributed by atoms with van der Waals surface area (Å²) in [6.45, 7) is 2.21. The average molecular weight is 359 g/mol. The van der Waals surface area contributed by atoms with E-state index < -0.39 is 0 Å². The molecule has 26 heavy (non-hydrogen) atoms. The molecular weight excluding hydrogens is 338 g/mol. The molecule has 2 aromatic heterocycles. The summed E-state index contributed by atoms with van der Waals surface area (Å²) in [4.78, 5) is 9.30. The van der Waals surface area contributed by atoms with Crippen LogP contribution in [0.25, 0.3) is 33.3 Å². The van der Waals surface area contributed by atoms with Gasteiger partial charge in [-0.25, -0.2) is 9.97 Å². The van der Waals surface area contributed by atoms with Crippen molar-refractivity contribution in [3.05, 3.63) is 64.9 Å². The Balaban J connectivity index is 2.00.